The van der Waals surface area contributed by atoms with Gasteiger partial charge in [-0.2, -0.15) is 4.86 Å². The van der Waals surface area contributed by atoms with Crippen molar-refractivity contribution in [2.45, 2.75) is 193 Å². The van der Waals surface area contributed by atoms with Gasteiger partial charge in [0.25, 0.3) is 0 Å². The molecule has 0 unspecified atom stereocenters. The molecule has 0 radical (unpaired) electrons. The number of para-hydroxylation sites is 2. The van der Waals surface area contributed by atoms with Crippen molar-refractivity contribution in [3.63, 3.8) is 0 Å². The first-order chi connectivity index (χ1) is 30.8. The summed E-state index contributed by atoms with van der Waals surface area (Å²) in [6.45, 7) is 14.5. The lowest BCUT2D eigenvalue weighted by atomic mass is 10.0. The average Bonchev–Trinajstić information content (AvgIpc) is 3.34. The van der Waals surface area contributed by atoms with E-state index >= 15 is 0 Å². The number of nitrogens with one attached hydrogen (secondary N) is 1. The quantitative estimate of drug-likeness (QED) is 0.0435. The predicted octanol–water partition coefficient (Wildman–Crippen LogP) is 14.7. The highest BCUT2D eigenvalue weighted by Crippen LogP contribution is 2.65. The van der Waals surface area contributed by atoms with E-state index in [1.165, 1.54) is 156 Å². The van der Waals surface area contributed by atoms with E-state index in [0.29, 0.717) is 5.66 Å². The van der Waals surface area contributed by atoms with Crippen molar-refractivity contribution in [2.75, 3.05) is 14.2 Å². The molecule has 3 nitrogen and oxygen atoms in total. The Morgan fingerprint density at radius 2 is 0.857 bits per heavy atom. The van der Waals surface area contributed by atoms with E-state index in [9.17, 15) is 0 Å². The third-order valence-electron chi connectivity index (χ3n) is 14.8. The van der Waals surface area contributed by atoms with Crippen molar-refractivity contribution >= 4 is 63.2 Å². The Morgan fingerprint density at radius 3 is 1.21 bits per heavy atom. The zero-order valence-corrected chi connectivity index (χ0v) is 45.1. The SMILES string of the molecule is CCCC[Si](CCCC)(CCCC)c1cccc([P+](NP(c2ccccc2OC)c2ccccc2OC)(c2cccc([Si](CCCC)(CCCC)CCCC)c2)C2CCCCC2)c1. The Kier molecular flexibility index (Phi) is 22.0. The predicted molar refractivity (Wildman–Crippen MR) is 290 cm³/mol. The molecule has 0 saturated heterocycles. The summed E-state index contributed by atoms with van der Waals surface area (Å²) in [5.74, 6) is 1.92. The third-order valence-corrected chi connectivity index (χ3v) is 33.3. The monoisotopic (exact) mass is 925 g/mol. The highest BCUT2D eigenvalue weighted by atomic mass is 31.2. The highest BCUT2D eigenvalue weighted by molar-refractivity contribution is 7.96. The summed E-state index contributed by atoms with van der Waals surface area (Å²) in [5.41, 5.74) is 0.544. The summed E-state index contributed by atoms with van der Waals surface area (Å²) < 4.78 is 12.6. The molecule has 1 fully saturated rings. The fourth-order valence-corrected chi connectivity index (χ4v) is 31.4. The van der Waals surface area contributed by atoms with Crippen LogP contribution in [-0.4, -0.2) is 36.0 Å². The zero-order chi connectivity index (χ0) is 45.0. The number of methoxy groups -OCH3 is 2. The van der Waals surface area contributed by atoms with Gasteiger partial charge in [-0.1, -0.05) is 220 Å². The lowest BCUT2D eigenvalue weighted by molar-refractivity contribution is 0.417. The maximum atomic E-state index is 6.30. The van der Waals surface area contributed by atoms with Crippen molar-refractivity contribution < 1.29 is 9.47 Å². The van der Waals surface area contributed by atoms with Gasteiger partial charge in [0.15, 0.2) is 7.41 Å². The van der Waals surface area contributed by atoms with Crippen LogP contribution in [0.5, 0.6) is 11.5 Å². The van der Waals surface area contributed by atoms with Gasteiger partial charge in [0.05, 0.1) is 44.1 Å². The van der Waals surface area contributed by atoms with Crippen LogP contribution in [0.25, 0.3) is 0 Å². The molecule has 0 amide bonds. The lowest BCUT2D eigenvalue weighted by Crippen LogP contribution is -2.51. The summed E-state index contributed by atoms with van der Waals surface area (Å²) in [5, 5.41) is 9.19. The Bertz CT molecular complexity index is 1750. The first-order valence-corrected chi connectivity index (χ1v) is 34.2. The largest absolute Gasteiger partial charge is 0.496 e. The van der Waals surface area contributed by atoms with E-state index in [1.807, 2.05) is 14.2 Å². The van der Waals surface area contributed by atoms with Crippen LogP contribution in [0.4, 0.5) is 0 Å². The molecule has 0 bridgehead atoms. The minimum atomic E-state index is -2.36. The number of benzene rings is 4. The van der Waals surface area contributed by atoms with Crippen LogP contribution in [0.2, 0.25) is 36.3 Å². The maximum Gasteiger partial charge on any atom is 0.153 e. The summed E-state index contributed by atoms with van der Waals surface area (Å²) >= 11 is 0. The van der Waals surface area contributed by atoms with Gasteiger partial charge in [0.1, 0.15) is 22.1 Å². The van der Waals surface area contributed by atoms with Gasteiger partial charge < -0.3 is 9.47 Å². The van der Waals surface area contributed by atoms with Crippen LogP contribution in [0.15, 0.2) is 97.1 Å². The van der Waals surface area contributed by atoms with Crippen LogP contribution >= 0.6 is 15.5 Å². The van der Waals surface area contributed by atoms with Gasteiger partial charge in [0.2, 0.25) is 0 Å². The maximum absolute atomic E-state index is 6.30. The Labute approximate surface area is 391 Å². The van der Waals surface area contributed by atoms with Gasteiger partial charge in [-0.05, 0) is 74.2 Å². The Hall–Kier alpha value is -2.27. The number of rotatable bonds is 29. The molecule has 1 aliphatic rings. The second-order valence-electron chi connectivity index (χ2n) is 19.1. The molecule has 0 heterocycles. The van der Waals surface area contributed by atoms with E-state index < -0.39 is 31.6 Å². The summed E-state index contributed by atoms with van der Waals surface area (Å²) in [7, 11) is -3.41. The van der Waals surface area contributed by atoms with Crippen LogP contribution in [0.1, 0.15) is 151 Å². The molecule has 4 aromatic carbocycles. The lowest BCUT2D eigenvalue weighted by Gasteiger charge is -2.41. The molecule has 0 spiro atoms. The number of unbranched alkanes of at least 4 members (excludes halogenated alkanes) is 6. The minimum absolute atomic E-state index is 0.544. The van der Waals surface area contributed by atoms with Crippen LogP contribution in [0, 0.1) is 0 Å². The number of ether oxygens (including phenoxy) is 2. The summed E-state index contributed by atoms with van der Waals surface area (Å²) in [4.78, 5) is 4.92. The molecule has 1 aliphatic carbocycles. The minimum Gasteiger partial charge on any atom is -0.496 e. The molecular formula is C56H88NO2P2Si2+. The van der Waals surface area contributed by atoms with Crippen molar-refractivity contribution in [1.82, 2.24) is 4.86 Å². The first kappa shape index (κ1) is 51.7. The zero-order valence-electron chi connectivity index (χ0n) is 41.3. The van der Waals surface area contributed by atoms with E-state index in [0.717, 1.165) is 11.5 Å². The van der Waals surface area contributed by atoms with Gasteiger partial charge in [-0.15, -0.1) is 0 Å². The molecular weight excluding hydrogens is 837 g/mol. The Morgan fingerprint density at radius 1 is 0.492 bits per heavy atom. The van der Waals surface area contributed by atoms with Crippen molar-refractivity contribution in [1.29, 1.82) is 0 Å². The first-order valence-electron chi connectivity index (χ1n) is 25.8. The molecule has 5 rings (SSSR count). The van der Waals surface area contributed by atoms with Gasteiger partial charge in [-0.25, -0.2) is 0 Å². The fraction of sp³-hybridized carbons (Fsp3) is 0.571. The molecule has 1 saturated carbocycles. The van der Waals surface area contributed by atoms with E-state index in [2.05, 4.69) is 139 Å². The van der Waals surface area contributed by atoms with E-state index in [-0.39, 0.29) is 0 Å². The topological polar surface area (TPSA) is 30.5 Å². The van der Waals surface area contributed by atoms with Gasteiger partial charge in [-0.3, -0.25) is 0 Å². The average molecular weight is 925 g/mol. The second-order valence-corrected chi connectivity index (χ2v) is 34.0. The van der Waals surface area contributed by atoms with E-state index in [1.54, 1.807) is 21.0 Å². The standard InChI is InChI=1S/C56H88NO2P2Si2/c1-9-15-40-62(41-16-10-2,42-17-11-3)51-34-28-32-49(46-51)61(48-30-22-21-23-31-48,50-33-29-35-52(47-50)63(43-18-12-4,44-19-13-5)45-20-14-6)57-60(55-38-26-24-36-53(55)58-7)56-39-27-25-37-54(56)59-8/h24-29,32-39,46-48,57H,9-23,30-31,40-45H2,1-8H3/q+1. The van der Waals surface area contributed by atoms with Crippen LogP contribution in [0.3, 0.4) is 0 Å². The summed E-state index contributed by atoms with van der Waals surface area (Å²) in [6, 6.07) is 47.5. The molecule has 0 aliphatic heterocycles. The number of hydrogen-bond acceptors (Lipinski definition) is 3. The smallest absolute Gasteiger partial charge is 0.153 e. The molecule has 1 N–H and O–H groups in total. The molecule has 346 valence electrons. The van der Waals surface area contributed by atoms with Crippen molar-refractivity contribution in [3.05, 3.63) is 97.1 Å². The fourth-order valence-electron chi connectivity index (χ4n) is 11.1. The molecule has 7 heteroatoms. The highest BCUT2D eigenvalue weighted by Gasteiger charge is 2.54. The number of hydrogen-bond donors (Lipinski definition) is 1. The third kappa shape index (κ3) is 12.8. The van der Waals surface area contributed by atoms with Gasteiger partial charge >= 0.3 is 0 Å². The van der Waals surface area contributed by atoms with Crippen molar-refractivity contribution in [3.8, 4) is 11.5 Å². The van der Waals surface area contributed by atoms with Gasteiger partial charge in [0, 0.05) is 10.6 Å². The van der Waals surface area contributed by atoms with Crippen LogP contribution < -0.4 is 45.9 Å². The molecule has 0 atom stereocenters. The second kappa shape index (κ2) is 26.8. The molecule has 4 aromatic rings. The van der Waals surface area contributed by atoms with E-state index in [4.69, 9.17) is 14.3 Å². The summed E-state index contributed by atoms with van der Waals surface area (Å²) in [6.07, 6.45) is 22.2. The Balaban J connectivity index is 1.92. The molecule has 0 aromatic heterocycles. The van der Waals surface area contributed by atoms with Crippen molar-refractivity contribution in [2.24, 2.45) is 0 Å². The van der Waals surface area contributed by atoms with Crippen LogP contribution in [-0.2, 0) is 0 Å². The molecule has 63 heavy (non-hydrogen) atoms. The normalized spacial score (nSPS) is 14.0.